The second-order valence-corrected chi connectivity index (χ2v) is 5.28. The second kappa shape index (κ2) is 8.48. The fraction of sp³-hybridized carbons (Fsp3) is 0.462. The number of rotatable bonds is 6. The van der Waals surface area contributed by atoms with E-state index in [1.807, 2.05) is 24.3 Å². The standard InChI is InChI=1S/C13H19BrN2S/c1-2-3-4-5-9-15-13(17)16-12-8-6-7-11(14)10-12/h6-8,10H,2-5,9H2,1H3,(H2,15,16,17). The molecule has 0 bridgehead atoms. The minimum Gasteiger partial charge on any atom is -0.362 e. The largest absolute Gasteiger partial charge is 0.362 e. The van der Waals surface area contributed by atoms with E-state index < -0.39 is 0 Å². The lowest BCUT2D eigenvalue weighted by Crippen LogP contribution is -2.29. The normalized spacial score (nSPS) is 10.0. The van der Waals surface area contributed by atoms with Crippen LogP contribution < -0.4 is 10.6 Å². The highest BCUT2D eigenvalue weighted by Crippen LogP contribution is 2.15. The Hall–Kier alpha value is -0.610. The number of benzene rings is 1. The molecule has 0 aliphatic rings. The van der Waals surface area contributed by atoms with Crippen molar-refractivity contribution in [2.45, 2.75) is 32.6 Å². The molecule has 4 heteroatoms. The van der Waals surface area contributed by atoms with Crippen LogP contribution in [0.25, 0.3) is 0 Å². The molecule has 0 atom stereocenters. The summed E-state index contributed by atoms with van der Waals surface area (Å²) in [5.74, 6) is 0. The van der Waals surface area contributed by atoms with Gasteiger partial charge in [0.15, 0.2) is 5.11 Å². The molecule has 0 saturated carbocycles. The van der Waals surface area contributed by atoms with E-state index in [1.165, 1.54) is 25.7 Å². The average molecular weight is 315 g/mol. The van der Waals surface area contributed by atoms with E-state index in [4.69, 9.17) is 12.2 Å². The summed E-state index contributed by atoms with van der Waals surface area (Å²) in [5, 5.41) is 7.07. The van der Waals surface area contributed by atoms with Gasteiger partial charge < -0.3 is 10.6 Å². The summed E-state index contributed by atoms with van der Waals surface area (Å²) in [4.78, 5) is 0. The second-order valence-electron chi connectivity index (χ2n) is 3.95. The SMILES string of the molecule is CCCCCCNC(=S)Nc1cccc(Br)c1. The van der Waals surface area contributed by atoms with Gasteiger partial charge in [-0.25, -0.2) is 0 Å². The molecule has 0 amide bonds. The predicted molar refractivity (Wildman–Crippen MR) is 82.5 cm³/mol. The maximum atomic E-state index is 5.22. The number of hydrogen-bond donors (Lipinski definition) is 2. The smallest absolute Gasteiger partial charge is 0.170 e. The van der Waals surface area contributed by atoms with E-state index in [0.717, 1.165) is 16.7 Å². The van der Waals surface area contributed by atoms with Crippen LogP contribution in [0.3, 0.4) is 0 Å². The molecule has 0 heterocycles. The number of halogens is 1. The zero-order valence-electron chi connectivity index (χ0n) is 10.1. The summed E-state index contributed by atoms with van der Waals surface area (Å²) in [6.07, 6.45) is 5.01. The lowest BCUT2D eigenvalue weighted by atomic mass is 10.2. The van der Waals surface area contributed by atoms with Gasteiger partial charge in [-0.2, -0.15) is 0 Å². The highest BCUT2D eigenvalue weighted by molar-refractivity contribution is 9.10. The van der Waals surface area contributed by atoms with Crippen molar-refractivity contribution in [1.29, 1.82) is 0 Å². The minimum atomic E-state index is 0.694. The van der Waals surface area contributed by atoms with Gasteiger partial charge in [0.1, 0.15) is 0 Å². The summed E-state index contributed by atoms with van der Waals surface area (Å²) < 4.78 is 1.05. The van der Waals surface area contributed by atoms with Crippen molar-refractivity contribution in [3.63, 3.8) is 0 Å². The van der Waals surface area contributed by atoms with E-state index in [9.17, 15) is 0 Å². The quantitative estimate of drug-likeness (QED) is 0.604. The van der Waals surface area contributed by atoms with Gasteiger partial charge in [0.25, 0.3) is 0 Å². The molecule has 2 N–H and O–H groups in total. The Morgan fingerprint density at radius 3 is 2.82 bits per heavy atom. The van der Waals surface area contributed by atoms with Crippen LogP contribution in [0.2, 0.25) is 0 Å². The third kappa shape index (κ3) is 6.64. The highest BCUT2D eigenvalue weighted by Gasteiger charge is 1.97. The van der Waals surface area contributed by atoms with Gasteiger partial charge in [0.2, 0.25) is 0 Å². The van der Waals surface area contributed by atoms with Crippen molar-refractivity contribution in [1.82, 2.24) is 5.32 Å². The number of hydrogen-bond acceptors (Lipinski definition) is 1. The lowest BCUT2D eigenvalue weighted by Gasteiger charge is -2.10. The summed E-state index contributed by atoms with van der Waals surface area (Å²) >= 11 is 8.65. The first-order valence-corrected chi connectivity index (χ1v) is 7.23. The fourth-order valence-electron chi connectivity index (χ4n) is 1.50. The maximum absolute atomic E-state index is 5.22. The van der Waals surface area contributed by atoms with Gasteiger partial charge >= 0.3 is 0 Å². The molecule has 1 aromatic rings. The monoisotopic (exact) mass is 314 g/mol. The molecule has 2 nitrogen and oxygen atoms in total. The van der Waals surface area contributed by atoms with Gasteiger partial charge in [0, 0.05) is 16.7 Å². The van der Waals surface area contributed by atoms with E-state index in [1.54, 1.807) is 0 Å². The summed E-state index contributed by atoms with van der Waals surface area (Å²) in [7, 11) is 0. The third-order valence-electron chi connectivity index (χ3n) is 2.40. The molecule has 0 spiro atoms. The molecule has 1 aromatic carbocycles. The molecule has 0 radical (unpaired) electrons. The van der Waals surface area contributed by atoms with Crippen LogP contribution >= 0.6 is 28.1 Å². The molecular weight excluding hydrogens is 296 g/mol. The maximum Gasteiger partial charge on any atom is 0.170 e. The van der Waals surface area contributed by atoms with Gasteiger partial charge in [-0.3, -0.25) is 0 Å². The molecule has 17 heavy (non-hydrogen) atoms. The molecule has 94 valence electrons. The van der Waals surface area contributed by atoms with Gasteiger partial charge in [0.05, 0.1) is 0 Å². The topological polar surface area (TPSA) is 24.1 Å². The summed E-state index contributed by atoms with van der Waals surface area (Å²) in [6, 6.07) is 7.98. The van der Waals surface area contributed by atoms with Crippen LogP contribution in [-0.2, 0) is 0 Å². The van der Waals surface area contributed by atoms with Crippen molar-refractivity contribution in [2.75, 3.05) is 11.9 Å². The molecule has 0 fully saturated rings. The fourth-order valence-corrected chi connectivity index (χ4v) is 2.11. The zero-order chi connectivity index (χ0) is 12.5. The van der Waals surface area contributed by atoms with E-state index in [-0.39, 0.29) is 0 Å². The Kier molecular flexibility index (Phi) is 7.21. The van der Waals surface area contributed by atoms with Crippen molar-refractivity contribution in [3.05, 3.63) is 28.7 Å². The Labute approximate surface area is 117 Å². The van der Waals surface area contributed by atoms with E-state index in [0.29, 0.717) is 5.11 Å². The van der Waals surface area contributed by atoms with Crippen molar-refractivity contribution >= 4 is 38.9 Å². The Bertz CT molecular complexity index is 355. The first kappa shape index (κ1) is 14.5. The van der Waals surface area contributed by atoms with E-state index in [2.05, 4.69) is 33.5 Å². The first-order chi connectivity index (χ1) is 8.22. The Morgan fingerprint density at radius 2 is 2.12 bits per heavy atom. The van der Waals surface area contributed by atoms with Gasteiger partial charge in [-0.05, 0) is 36.8 Å². The molecule has 0 aliphatic heterocycles. The highest BCUT2D eigenvalue weighted by atomic mass is 79.9. The molecule has 0 aromatic heterocycles. The van der Waals surface area contributed by atoms with E-state index >= 15 is 0 Å². The molecule has 0 saturated heterocycles. The number of unbranched alkanes of at least 4 members (excludes halogenated alkanes) is 3. The Balaban J connectivity index is 2.21. The van der Waals surface area contributed by atoms with Crippen LogP contribution in [0.15, 0.2) is 28.7 Å². The van der Waals surface area contributed by atoms with Crippen LogP contribution in [0, 0.1) is 0 Å². The van der Waals surface area contributed by atoms with Crippen molar-refractivity contribution < 1.29 is 0 Å². The summed E-state index contributed by atoms with van der Waals surface area (Å²) in [6.45, 7) is 3.16. The minimum absolute atomic E-state index is 0.694. The molecule has 0 aliphatic carbocycles. The van der Waals surface area contributed by atoms with Crippen LogP contribution in [-0.4, -0.2) is 11.7 Å². The average Bonchev–Trinajstić information content (AvgIpc) is 2.29. The van der Waals surface area contributed by atoms with Gasteiger partial charge in [-0.1, -0.05) is 48.2 Å². The van der Waals surface area contributed by atoms with Crippen molar-refractivity contribution in [2.24, 2.45) is 0 Å². The number of thiocarbonyl (C=S) groups is 1. The molecular formula is C13H19BrN2S. The van der Waals surface area contributed by atoms with Crippen LogP contribution in [0.4, 0.5) is 5.69 Å². The molecule has 1 rings (SSSR count). The molecule has 0 unspecified atom stereocenters. The third-order valence-corrected chi connectivity index (χ3v) is 3.14. The predicted octanol–water partition coefficient (Wildman–Crippen LogP) is 4.32. The van der Waals surface area contributed by atoms with Crippen LogP contribution in [0.5, 0.6) is 0 Å². The van der Waals surface area contributed by atoms with Crippen molar-refractivity contribution in [3.8, 4) is 0 Å². The Morgan fingerprint density at radius 1 is 1.29 bits per heavy atom. The summed E-state index contributed by atoms with van der Waals surface area (Å²) in [5.41, 5.74) is 1.01. The first-order valence-electron chi connectivity index (χ1n) is 6.03. The number of nitrogens with one attached hydrogen (secondary N) is 2. The lowest BCUT2D eigenvalue weighted by molar-refractivity contribution is 0.655. The van der Waals surface area contributed by atoms with Gasteiger partial charge in [-0.15, -0.1) is 0 Å². The van der Waals surface area contributed by atoms with Crippen LogP contribution in [0.1, 0.15) is 32.6 Å². The number of anilines is 1. The zero-order valence-corrected chi connectivity index (χ0v) is 12.5.